The number of ether oxygens (including phenoxy) is 2. The minimum Gasteiger partial charge on any atom is -0.486 e. The van der Waals surface area contributed by atoms with Gasteiger partial charge in [-0.15, -0.1) is 0 Å². The second-order valence-electron chi connectivity index (χ2n) is 5.20. The lowest BCUT2D eigenvalue weighted by Gasteiger charge is -2.20. The fourth-order valence-corrected chi connectivity index (χ4v) is 2.56. The lowest BCUT2D eigenvalue weighted by Crippen LogP contribution is -2.27. The van der Waals surface area contributed by atoms with Crippen molar-refractivity contribution in [2.45, 2.75) is 6.42 Å². The van der Waals surface area contributed by atoms with E-state index >= 15 is 0 Å². The van der Waals surface area contributed by atoms with Crippen molar-refractivity contribution in [1.82, 2.24) is 15.3 Å². The Kier molecular flexibility index (Phi) is 4.99. The summed E-state index contributed by atoms with van der Waals surface area (Å²) in [6.45, 7) is 1.27. The first kappa shape index (κ1) is 17.0. The fourth-order valence-electron chi connectivity index (χ4n) is 2.28. The maximum Gasteiger partial charge on any atom is 0.356 e. The smallest absolute Gasteiger partial charge is 0.356 e. The lowest BCUT2D eigenvalue weighted by molar-refractivity contribution is 0.0689. The predicted molar refractivity (Wildman–Crippen MR) is 87.5 cm³/mol. The van der Waals surface area contributed by atoms with Gasteiger partial charge < -0.3 is 19.9 Å². The first-order valence-corrected chi connectivity index (χ1v) is 7.84. The largest absolute Gasteiger partial charge is 0.486 e. The summed E-state index contributed by atoms with van der Waals surface area (Å²) in [6, 6.07) is 3.59. The minimum atomic E-state index is -1.20. The molecule has 0 aliphatic carbocycles. The van der Waals surface area contributed by atoms with E-state index in [0.29, 0.717) is 42.7 Å². The van der Waals surface area contributed by atoms with E-state index < -0.39 is 11.9 Å². The first-order valence-electron chi connectivity index (χ1n) is 7.46. The molecule has 0 radical (unpaired) electrons. The number of rotatable bonds is 5. The Morgan fingerprint density at radius 2 is 1.88 bits per heavy atom. The molecular weight excluding hydrogens is 350 g/mol. The highest BCUT2D eigenvalue weighted by atomic mass is 35.5. The summed E-state index contributed by atoms with van der Waals surface area (Å²) in [6.07, 6.45) is 2.69. The molecule has 8 nitrogen and oxygen atoms in total. The Bertz CT molecular complexity index is 810. The van der Waals surface area contributed by atoms with E-state index in [1.54, 1.807) is 6.07 Å². The van der Waals surface area contributed by atoms with Crippen LogP contribution in [-0.2, 0) is 6.42 Å². The number of carbonyl (C=O) groups excluding carboxylic acids is 1. The Labute approximate surface area is 147 Å². The summed E-state index contributed by atoms with van der Waals surface area (Å²) in [5.74, 6) is -0.507. The van der Waals surface area contributed by atoms with E-state index in [9.17, 15) is 9.59 Å². The predicted octanol–water partition coefficient (Wildman–Crippen LogP) is 1.57. The van der Waals surface area contributed by atoms with E-state index in [-0.39, 0.29) is 11.4 Å². The molecule has 1 aliphatic rings. The number of nitrogens with one attached hydrogen (secondary N) is 1. The number of halogens is 1. The van der Waals surface area contributed by atoms with Crippen LogP contribution < -0.4 is 14.8 Å². The Hall–Kier alpha value is -2.87. The van der Waals surface area contributed by atoms with Gasteiger partial charge in [-0.25, -0.2) is 14.8 Å². The second kappa shape index (κ2) is 7.35. The SMILES string of the molecule is O=C(O)c1cnc(C(=O)NCCc2cc(Cl)c3c(c2)OCCO3)cn1. The third kappa shape index (κ3) is 3.97. The molecule has 130 valence electrons. The maximum absolute atomic E-state index is 12.0. The summed E-state index contributed by atoms with van der Waals surface area (Å²) >= 11 is 6.17. The molecule has 2 aromatic rings. The number of carbonyl (C=O) groups is 2. The van der Waals surface area contributed by atoms with E-state index in [2.05, 4.69) is 15.3 Å². The highest BCUT2D eigenvalue weighted by Gasteiger charge is 2.17. The van der Waals surface area contributed by atoms with Gasteiger partial charge in [-0.3, -0.25) is 4.79 Å². The van der Waals surface area contributed by atoms with Crippen LogP contribution in [0, 0.1) is 0 Å². The molecule has 2 N–H and O–H groups in total. The van der Waals surface area contributed by atoms with Crippen molar-refractivity contribution in [2.24, 2.45) is 0 Å². The monoisotopic (exact) mass is 363 g/mol. The molecule has 9 heteroatoms. The van der Waals surface area contributed by atoms with Gasteiger partial charge in [0.05, 0.1) is 17.4 Å². The van der Waals surface area contributed by atoms with Gasteiger partial charge in [-0.2, -0.15) is 0 Å². The van der Waals surface area contributed by atoms with Crippen molar-refractivity contribution < 1.29 is 24.2 Å². The number of aromatic nitrogens is 2. The molecule has 3 rings (SSSR count). The Morgan fingerprint density at radius 3 is 2.60 bits per heavy atom. The maximum atomic E-state index is 12.0. The van der Waals surface area contributed by atoms with E-state index in [4.69, 9.17) is 26.2 Å². The third-order valence-corrected chi connectivity index (χ3v) is 3.74. The third-order valence-electron chi connectivity index (χ3n) is 3.46. The van der Waals surface area contributed by atoms with Gasteiger partial charge in [0.15, 0.2) is 17.2 Å². The van der Waals surface area contributed by atoms with Crippen molar-refractivity contribution in [3.8, 4) is 11.5 Å². The lowest BCUT2D eigenvalue weighted by atomic mass is 10.1. The van der Waals surface area contributed by atoms with Crippen molar-refractivity contribution in [3.05, 3.63) is 46.5 Å². The second-order valence-corrected chi connectivity index (χ2v) is 5.61. The normalized spacial score (nSPS) is 12.5. The average Bonchev–Trinajstić information content (AvgIpc) is 2.62. The van der Waals surface area contributed by atoms with Crippen LogP contribution in [0.2, 0.25) is 5.02 Å². The van der Waals surface area contributed by atoms with Crippen LogP contribution in [-0.4, -0.2) is 46.7 Å². The van der Waals surface area contributed by atoms with Crippen LogP contribution in [0.15, 0.2) is 24.5 Å². The zero-order valence-electron chi connectivity index (χ0n) is 13.0. The number of hydrogen-bond acceptors (Lipinski definition) is 6. The summed E-state index contributed by atoms with van der Waals surface area (Å²) < 4.78 is 11.0. The van der Waals surface area contributed by atoms with Crippen LogP contribution in [0.3, 0.4) is 0 Å². The summed E-state index contributed by atoms with van der Waals surface area (Å²) in [5, 5.41) is 11.9. The molecular formula is C16H14ClN3O5. The van der Waals surface area contributed by atoms with Crippen molar-refractivity contribution in [3.63, 3.8) is 0 Å². The molecule has 0 saturated carbocycles. The number of aromatic carboxylic acids is 1. The van der Waals surface area contributed by atoms with Gasteiger partial charge in [0.25, 0.3) is 5.91 Å². The van der Waals surface area contributed by atoms with Crippen molar-refractivity contribution in [2.75, 3.05) is 19.8 Å². The molecule has 0 atom stereocenters. The van der Waals surface area contributed by atoms with E-state index in [1.165, 1.54) is 0 Å². The van der Waals surface area contributed by atoms with Gasteiger partial charge in [0.1, 0.15) is 18.9 Å². The van der Waals surface area contributed by atoms with Crippen molar-refractivity contribution in [1.29, 1.82) is 0 Å². The molecule has 1 aliphatic heterocycles. The molecule has 1 amide bonds. The molecule has 0 fully saturated rings. The Morgan fingerprint density at radius 1 is 1.16 bits per heavy atom. The van der Waals surface area contributed by atoms with Gasteiger partial charge in [-0.1, -0.05) is 11.6 Å². The summed E-state index contributed by atoms with van der Waals surface area (Å²) in [5.41, 5.74) is 0.717. The van der Waals surface area contributed by atoms with E-state index in [0.717, 1.165) is 18.0 Å². The number of carboxylic acids is 1. The quantitative estimate of drug-likeness (QED) is 0.829. The molecule has 0 unspecified atom stereocenters. The van der Waals surface area contributed by atoms with Crippen LogP contribution in [0.5, 0.6) is 11.5 Å². The summed E-state index contributed by atoms with van der Waals surface area (Å²) in [7, 11) is 0. The number of amides is 1. The minimum absolute atomic E-state index is 0.0465. The van der Waals surface area contributed by atoms with Crippen LogP contribution in [0.1, 0.15) is 26.5 Å². The molecule has 0 bridgehead atoms. The highest BCUT2D eigenvalue weighted by molar-refractivity contribution is 6.32. The van der Waals surface area contributed by atoms with E-state index in [1.807, 2.05) is 6.07 Å². The number of benzene rings is 1. The summed E-state index contributed by atoms with van der Waals surface area (Å²) in [4.78, 5) is 30.1. The highest BCUT2D eigenvalue weighted by Crippen LogP contribution is 2.38. The van der Waals surface area contributed by atoms with Crippen LogP contribution >= 0.6 is 11.6 Å². The van der Waals surface area contributed by atoms with Gasteiger partial charge in [0.2, 0.25) is 0 Å². The van der Waals surface area contributed by atoms with Gasteiger partial charge in [-0.05, 0) is 24.1 Å². The number of hydrogen-bond donors (Lipinski definition) is 2. The fraction of sp³-hybridized carbons (Fsp3) is 0.250. The molecule has 25 heavy (non-hydrogen) atoms. The number of nitrogens with zero attached hydrogens (tertiary/aromatic N) is 2. The van der Waals surface area contributed by atoms with Gasteiger partial charge >= 0.3 is 5.97 Å². The van der Waals surface area contributed by atoms with Crippen LogP contribution in [0.4, 0.5) is 0 Å². The Balaban J connectivity index is 1.58. The van der Waals surface area contributed by atoms with Crippen LogP contribution in [0.25, 0.3) is 0 Å². The zero-order chi connectivity index (χ0) is 17.8. The average molecular weight is 364 g/mol. The molecule has 2 heterocycles. The zero-order valence-corrected chi connectivity index (χ0v) is 13.7. The van der Waals surface area contributed by atoms with Gasteiger partial charge in [0, 0.05) is 6.54 Å². The first-order chi connectivity index (χ1) is 12.0. The topological polar surface area (TPSA) is 111 Å². The standard InChI is InChI=1S/C16H14ClN3O5/c17-10-5-9(6-13-14(10)25-4-3-24-13)1-2-18-15(21)11-7-20-12(8-19-11)16(22)23/h5-8H,1-4H2,(H,18,21)(H,22,23). The molecule has 1 aromatic carbocycles. The number of fused-ring (bicyclic) bond motifs is 1. The number of carboxylic acid groups (broad SMARTS) is 1. The molecule has 0 spiro atoms. The molecule has 0 saturated heterocycles. The van der Waals surface area contributed by atoms with Crippen molar-refractivity contribution >= 4 is 23.5 Å². The molecule has 1 aromatic heterocycles.